The molecule has 2 aromatic carbocycles. The Balaban J connectivity index is 1.44. The molecule has 3 heterocycles. The Hall–Kier alpha value is -3.54. The number of unbranched alkanes of at least 4 members (excludes halogenated alkanes) is 1. The van der Waals surface area contributed by atoms with E-state index in [0.717, 1.165) is 58.5 Å². The third-order valence-electron chi connectivity index (χ3n) is 7.38. The average Bonchev–Trinajstić information content (AvgIpc) is 2.98. The highest BCUT2D eigenvalue weighted by molar-refractivity contribution is 5.85. The Morgan fingerprint density at radius 1 is 1.10 bits per heavy atom. The highest BCUT2D eigenvalue weighted by atomic mass is 19.1. The number of hydrogen-bond donors (Lipinski definition) is 1. The number of nitrogens with one attached hydrogen (secondary N) is 1. The molecule has 0 spiro atoms. The Labute approximate surface area is 231 Å². The molecule has 2 aliphatic heterocycles. The minimum Gasteiger partial charge on any atom is -0.375 e. The van der Waals surface area contributed by atoms with Crippen molar-refractivity contribution < 1.29 is 9.13 Å². The van der Waals surface area contributed by atoms with E-state index in [9.17, 15) is 4.39 Å². The molecule has 1 saturated heterocycles. The molecule has 5 rings (SSSR count). The number of hydrogen-bond acceptors (Lipinski definition) is 4. The van der Waals surface area contributed by atoms with Crippen LogP contribution in [0.4, 0.5) is 4.39 Å². The SMILES string of the molecule is CC=C(c1ccc2cccc(CCOC3CCNCC3F)c2n1)N1C=C(c2ccccc2)C=CC1=CCCC. The molecule has 0 aliphatic carbocycles. The number of fused-ring (bicyclic) bond motifs is 1. The van der Waals surface area contributed by atoms with Crippen LogP contribution in [-0.2, 0) is 11.2 Å². The lowest BCUT2D eigenvalue weighted by Crippen LogP contribution is -2.43. The third kappa shape index (κ3) is 6.38. The van der Waals surface area contributed by atoms with Gasteiger partial charge in [0.1, 0.15) is 6.17 Å². The molecule has 3 aromatic rings. The number of ether oxygens (including phenoxy) is 1. The summed E-state index contributed by atoms with van der Waals surface area (Å²) in [5, 5.41) is 4.18. The lowest BCUT2D eigenvalue weighted by atomic mass is 10.0. The first-order valence-electron chi connectivity index (χ1n) is 14.1. The molecular formula is C34H38FN3O. The predicted octanol–water partition coefficient (Wildman–Crippen LogP) is 7.45. The van der Waals surface area contributed by atoms with Crippen LogP contribution in [0.25, 0.3) is 22.2 Å². The number of pyridine rings is 1. The lowest BCUT2D eigenvalue weighted by molar-refractivity contribution is -0.0165. The molecule has 1 N–H and O–H groups in total. The van der Waals surface area contributed by atoms with E-state index in [1.165, 1.54) is 5.56 Å². The van der Waals surface area contributed by atoms with E-state index in [1.807, 2.05) is 6.07 Å². The number of benzene rings is 2. The van der Waals surface area contributed by atoms with Gasteiger partial charge in [-0.15, -0.1) is 0 Å². The van der Waals surface area contributed by atoms with Gasteiger partial charge in [-0.3, -0.25) is 0 Å². The van der Waals surface area contributed by atoms with Crippen molar-refractivity contribution in [1.82, 2.24) is 15.2 Å². The fourth-order valence-electron chi connectivity index (χ4n) is 5.25. The van der Waals surface area contributed by atoms with E-state index < -0.39 is 6.17 Å². The van der Waals surface area contributed by atoms with E-state index in [1.54, 1.807) is 0 Å². The molecule has 0 amide bonds. The monoisotopic (exact) mass is 523 g/mol. The molecule has 2 atom stereocenters. The molecule has 5 heteroatoms. The highest BCUT2D eigenvalue weighted by Gasteiger charge is 2.25. The maximum Gasteiger partial charge on any atom is 0.139 e. The van der Waals surface area contributed by atoms with Gasteiger partial charge in [0.15, 0.2) is 0 Å². The van der Waals surface area contributed by atoms with Crippen molar-refractivity contribution >= 4 is 22.2 Å². The molecule has 0 bridgehead atoms. The minimum absolute atomic E-state index is 0.328. The number of piperidine rings is 1. The molecule has 39 heavy (non-hydrogen) atoms. The van der Waals surface area contributed by atoms with Gasteiger partial charge in [0.2, 0.25) is 0 Å². The Morgan fingerprint density at radius 2 is 1.97 bits per heavy atom. The van der Waals surface area contributed by atoms with Gasteiger partial charge in [-0.05, 0) is 61.6 Å². The van der Waals surface area contributed by atoms with Crippen LogP contribution in [0.15, 0.2) is 96.9 Å². The summed E-state index contributed by atoms with van der Waals surface area (Å²) >= 11 is 0. The quantitative estimate of drug-likeness (QED) is 0.316. The largest absolute Gasteiger partial charge is 0.375 e. The molecular weight excluding hydrogens is 485 g/mol. The van der Waals surface area contributed by atoms with Crippen LogP contribution in [0.5, 0.6) is 0 Å². The van der Waals surface area contributed by atoms with Crippen molar-refractivity contribution in [3.8, 4) is 0 Å². The van der Waals surface area contributed by atoms with Crippen LogP contribution in [0.2, 0.25) is 0 Å². The van der Waals surface area contributed by atoms with Crippen molar-refractivity contribution in [1.29, 1.82) is 0 Å². The summed E-state index contributed by atoms with van der Waals surface area (Å²) in [7, 11) is 0. The number of aromatic nitrogens is 1. The zero-order chi connectivity index (χ0) is 27.0. The van der Waals surface area contributed by atoms with Gasteiger partial charge in [0.05, 0.1) is 29.6 Å². The summed E-state index contributed by atoms with van der Waals surface area (Å²) in [5.41, 5.74) is 7.54. The molecule has 1 aromatic heterocycles. The topological polar surface area (TPSA) is 37.4 Å². The molecule has 4 nitrogen and oxygen atoms in total. The van der Waals surface area contributed by atoms with Crippen molar-refractivity contribution in [2.24, 2.45) is 0 Å². The molecule has 0 saturated carbocycles. The number of nitrogens with zero attached hydrogens (tertiary/aromatic N) is 2. The summed E-state index contributed by atoms with van der Waals surface area (Å²) in [6.07, 6.45) is 13.3. The van der Waals surface area contributed by atoms with E-state index in [0.29, 0.717) is 26.0 Å². The van der Waals surface area contributed by atoms with Crippen molar-refractivity contribution in [3.05, 3.63) is 114 Å². The van der Waals surface area contributed by atoms with Crippen LogP contribution in [0.1, 0.15) is 49.9 Å². The van der Waals surface area contributed by atoms with Crippen molar-refractivity contribution in [2.75, 3.05) is 19.7 Å². The van der Waals surface area contributed by atoms with Crippen LogP contribution < -0.4 is 5.32 Å². The fourth-order valence-corrected chi connectivity index (χ4v) is 5.25. The van der Waals surface area contributed by atoms with Gasteiger partial charge in [0, 0.05) is 23.8 Å². The normalized spacial score (nSPS) is 21.0. The highest BCUT2D eigenvalue weighted by Crippen LogP contribution is 2.32. The Morgan fingerprint density at radius 3 is 2.77 bits per heavy atom. The molecule has 1 fully saturated rings. The van der Waals surface area contributed by atoms with Gasteiger partial charge in [0.25, 0.3) is 0 Å². The molecule has 2 aliphatic rings. The third-order valence-corrected chi connectivity index (χ3v) is 7.38. The van der Waals surface area contributed by atoms with Crippen molar-refractivity contribution in [2.45, 2.75) is 51.8 Å². The van der Waals surface area contributed by atoms with E-state index in [-0.39, 0.29) is 6.10 Å². The zero-order valence-corrected chi connectivity index (χ0v) is 22.9. The number of alkyl halides is 1. The molecule has 0 radical (unpaired) electrons. The molecule has 2 unspecified atom stereocenters. The van der Waals surface area contributed by atoms with Gasteiger partial charge < -0.3 is 15.0 Å². The Kier molecular flexibility index (Phi) is 9.02. The second-order valence-electron chi connectivity index (χ2n) is 10.1. The number of para-hydroxylation sites is 1. The second kappa shape index (κ2) is 13.0. The van der Waals surface area contributed by atoms with E-state index in [2.05, 4.69) is 109 Å². The maximum absolute atomic E-state index is 14.2. The minimum atomic E-state index is -0.948. The maximum atomic E-state index is 14.2. The van der Waals surface area contributed by atoms with E-state index >= 15 is 0 Å². The lowest BCUT2D eigenvalue weighted by Gasteiger charge is -2.29. The first-order valence-corrected chi connectivity index (χ1v) is 14.1. The standard InChI is InChI=1S/C34H38FN3O/c1-3-5-14-29-17-15-28(25-10-7-6-8-11-25)24-38(29)32(4-2)31-18-16-26-12-9-13-27(34(26)37-31)20-22-39-33-19-21-36-23-30(33)35/h4,6-18,24,30,33,36H,3,5,19-23H2,1-2H3. The van der Waals surface area contributed by atoms with Crippen molar-refractivity contribution in [3.63, 3.8) is 0 Å². The van der Waals surface area contributed by atoms with Gasteiger partial charge in [-0.1, -0.05) is 86.2 Å². The summed E-state index contributed by atoms with van der Waals surface area (Å²) < 4.78 is 20.2. The fraction of sp³-hybridized carbons (Fsp3) is 0.324. The number of allylic oxidation sites excluding steroid dienone is 5. The van der Waals surface area contributed by atoms with Gasteiger partial charge >= 0.3 is 0 Å². The number of halogens is 1. The zero-order valence-electron chi connectivity index (χ0n) is 22.9. The summed E-state index contributed by atoms with van der Waals surface area (Å²) in [5.74, 6) is 0. The smallest absolute Gasteiger partial charge is 0.139 e. The second-order valence-corrected chi connectivity index (χ2v) is 10.1. The van der Waals surface area contributed by atoms with Gasteiger partial charge in [-0.2, -0.15) is 0 Å². The first kappa shape index (κ1) is 27.0. The van der Waals surface area contributed by atoms with Crippen LogP contribution >= 0.6 is 0 Å². The predicted molar refractivity (Wildman–Crippen MR) is 160 cm³/mol. The Bertz CT molecular complexity index is 1390. The van der Waals surface area contributed by atoms with E-state index in [4.69, 9.17) is 9.72 Å². The number of rotatable bonds is 9. The summed E-state index contributed by atoms with van der Waals surface area (Å²) in [6, 6.07) is 21.0. The van der Waals surface area contributed by atoms with Crippen LogP contribution in [0, 0.1) is 0 Å². The van der Waals surface area contributed by atoms with Crippen LogP contribution in [-0.4, -0.2) is 41.9 Å². The van der Waals surface area contributed by atoms with Crippen LogP contribution in [0.3, 0.4) is 0 Å². The van der Waals surface area contributed by atoms with Gasteiger partial charge in [-0.25, -0.2) is 9.37 Å². The summed E-state index contributed by atoms with van der Waals surface area (Å²) in [4.78, 5) is 7.44. The first-order chi connectivity index (χ1) is 19.2. The summed E-state index contributed by atoms with van der Waals surface area (Å²) in [6.45, 7) is 5.93. The average molecular weight is 524 g/mol. The molecule has 202 valence electrons.